The van der Waals surface area contributed by atoms with Gasteiger partial charge < -0.3 is 10.0 Å². The van der Waals surface area contributed by atoms with Gasteiger partial charge in [0.25, 0.3) is 5.95 Å². The highest BCUT2D eigenvalue weighted by Gasteiger charge is 2.21. The van der Waals surface area contributed by atoms with Crippen LogP contribution in [0.5, 0.6) is 0 Å². The minimum absolute atomic E-state index is 0.0866. The summed E-state index contributed by atoms with van der Waals surface area (Å²) >= 11 is 0. The number of aromatic nitrogens is 4. The second-order valence-corrected chi connectivity index (χ2v) is 3.77. The van der Waals surface area contributed by atoms with E-state index in [4.69, 9.17) is 5.11 Å². The van der Waals surface area contributed by atoms with Crippen LogP contribution < -0.4 is 5.32 Å². The normalized spacial score (nSPS) is 11.9. The van der Waals surface area contributed by atoms with Crippen molar-refractivity contribution >= 4 is 17.9 Å². The number of hydrogen-bond donors (Lipinski definition) is 2. The van der Waals surface area contributed by atoms with Gasteiger partial charge in [-0.05, 0) is 19.1 Å². The Hall–Kier alpha value is -2.19. The predicted octanol–water partition coefficient (Wildman–Crippen LogP) is -0.0729. The summed E-state index contributed by atoms with van der Waals surface area (Å²) < 4.78 is 0. The molecule has 1 heterocycles. The Morgan fingerprint density at radius 1 is 1.56 bits per heavy atom. The molecule has 18 heavy (non-hydrogen) atoms. The Labute approximate surface area is 104 Å². The molecular weight excluding hydrogens is 240 g/mol. The molecular formula is C9H16N6O3. The molecule has 1 aromatic heterocycles. The van der Waals surface area contributed by atoms with Gasteiger partial charge in [-0.1, -0.05) is 5.10 Å². The van der Waals surface area contributed by atoms with Crippen molar-refractivity contribution in [1.82, 2.24) is 25.1 Å². The predicted molar refractivity (Wildman–Crippen MR) is 61.9 cm³/mol. The van der Waals surface area contributed by atoms with Crippen LogP contribution in [0.15, 0.2) is 0 Å². The van der Waals surface area contributed by atoms with Crippen molar-refractivity contribution in [2.45, 2.75) is 26.3 Å². The quantitative estimate of drug-likeness (QED) is 0.762. The molecule has 0 bridgehead atoms. The molecule has 0 aliphatic carbocycles. The number of carboxylic acids is 1. The summed E-state index contributed by atoms with van der Waals surface area (Å²) in [6.07, 6.45) is -0.116. The summed E-state index contributed by atoms with van der Waals surface area (Å²) in [4.78, 5) is 25.1. The molecule has 1 unspecified atom stereocenters. The van der Waals surface area contributed by atoms with E-state index in [9.17, 15) is 9.59 Å². The van der Waals surface area contributed by atoms with Gasteiger partial charge in [0.1, 0.15) is 0 Å². The van der Waals surface area contributed by atoms with Gasteiger partial charge in [0, 0.05) is 12.6 Å². The first-order valence-corrected chi connectivity index (χ1v) is 5.47. The van der Waals surface area contributed by atoms with Crippen LogP contribution in [0.2, 0.25) is 0 Å². The Morgan fingerprint density at radius 3 is 2.67 bits per heavy atom. The zero-order valence-corrected chi connectivity index (χ0v) is 10.5. The molecule has 100 valence electrons. The lowest BCUT2D eigenvalue weighted by Crippen LogP contribution is -2.42. The average molecular weight is 256 g/mol. The molecule has 0 spiro atoms. The molecule has 0 aliphatic rings. The van der Waals surface area contributed by atoms with Gasteiger partial charge in [-0.25, -0.2) is 4.79 Å². The lowest BCUT2D eigenvalue weighted by Gasteiger charge is -2.26. The lowest BCUT2D eigenvalue weighted by atomic mass is 10.2. The van der Waals surface area contributed by atoms with Crippen molar-refractivity contribution in [3.63, 3.8) is 0 Å². The molecule has 2 N–H and O–H groups in total. The van der Waals surface area contributed by atoms with Crippen LogP contribution in [0.3, 0.4) is 0 Å². The van der Waals surface area contributed by atoms with E-state index in [2.05, 4.69) is 20.7 Å². The standard InChI is InChI=1S/C9H16N6O3/c1-4-15(6(2)5-7(16)17)9(18)10-8-11-13-14(3)12-8/h6H,4-5H2,1-3H3,(H,16,17)(H,10,12,18). The van der Waals surface area contributed by atoms with Gasteiger partial charge in [0.2, 0.25) is 0 Å². The van der Waals surface area contributed by atoms with Gasteiger partial charge >= 0.3 is 12.0 Å². The number of carbonyl (C=O) groups is 2. The van der Waals surface area contributed by atoms with E-state index in [0.717, 1.165) is 0 Å². The van der Waals surface area contributed by atoms with Gasteiger partial charge in [-0.3, -0.25) is 10.1 Å². The number of aliphatic carboxylic acids is 1. The summed E-state index contributed by atoms with van der Waals surface area (Å²) in [5.74, 6) is -0.866. The summed E-state index contributed by atoms with van der Waals surface area (Å²) in [7, 11) is 1.58. The summed E-state index contributed by atoms with van der Waals surface area (Å²) in [6.45, 7) is 3.82. The molecule has 0 aliphatic heterocycles. The topological polar surface area (TPSA) is 113 Å². The summed E-state index contributed by atoms with van der Waals surface area (Å²) in [5.41, 5.74) is 0. The molecule has 1 aromatic rings. The lowest BCUT2D eigenvalue weighted by molar-refractivity contribution is -0.137. The summed E-state index contributed by atoms with van der Waals surface area (Å²) in [5, 5.41) is 22.2. The number of tetrazole rings is 1. The van der Waals surface area contributed by atoms with Gasteiger partial charge in [-0.2, -0.15) is 4.80 Å². The SMILES string of the molecule is CCN(C(=O)Nc1nnn(C)n1)C(C)CC(=O)O. The molecule has 9 heteroatoms. The zero-order chi connectivity index (χ0) is 13.7. The fourth-order valence-electron chi connectivity index (χ4n) is 1.52. The molecule has 9 nitrogen and oxygen atoms in total. The van der Waals surface area contributed by atoms with Gasteiger partial charge in [0.05, 0.1) is 13.5 Å². The fourth-order valence-corrected chi connectivity index (χ4v) is 1.52. The molecule has 2 amide bonds. The van der Waals surface area contributed by atoms with E-state index in [1.807, 2.05) is 0 Å². The maximum Gasteiger partial charge on any atom is 0.324 e. The van der Waals surface area contributed by atoms with Crippen LogP contribution in [0, 0.1) is 0 Å². The Kier molecular flexibility index (Phi) is 4.58. The minimum atomic E-state index is -0.952. The van der Waals surface area contributed by atoms with E-state index < -0.39 is 18.0 Å². The molecule has 1 rings (SSSR count). The van der Waals surface area contributed by atoms with E-state index in [1.54, 1.807) is 20.9 Å². The van der Waals surface area contributed by atoms with Crippen molar-refractivity contribution in [3.8, 4) is 0 Å². The number of carbonyl (C=O) groups excluding carboxylic acids is 1. The number of urea groups is 1. The maximum absolute atomic E-state index is 11.9. The highest BCUT2D eigenvalue weighted by Crippen LogP contribution is 2.06. The third-order valence-electron chi connectivity index (χ3n) is 2.33. The monoisotopic (exact) mass is 256 g/mol. The number of nitrogens with zero attached hydrogens (tertiary/aromatic N) is 5. The highest BCUT2D eigenvalue weighted by molar-refractivity contribution is 5.87. The molecule has 0 aromatic carbocycles. The van der Waals surface area contributed by atoms with Crippen molar-refractivity contribution in [1.29, 1.82) is 0 Å². The largest absolute Gasteiger partial charge is 0.481 e. The number of amides is 2. The van der Waals surface area contributed by atoms with Crippen LogP contribution in [-0.2, 0) is 11.8 Å². The Balaban J connectivity index is 2.64. The number of hydrogen-bond acceptors (Lipinski definition) is 5. The third kappa shape index (κ3) is 3.68. The zero-order valence-electron chi connectivity index (χ0n) is 10.5. The van der Waals surface area contributed by atoms with Crippen LogP contribution in [0.4, 0.5) is 10.7 Å². The Morgan fingerprint density at radius 2 is 2.22 bits per heavy atom. The van der Waals surface area contributed by atoms with Crippen molar-refractivity contribution in [2.75, 3.05) is 11.9 Å². The number of carboxylic acid groups (broad SMARTS) is 1. The highest BCUT2D eigenvalue weighted by atomic mass is 16.4. The fraction of sp³-hybridized carbons (Fsp3) is 0.667. The smallest absolute Gasteiger partial charge is 0.324 e. The Bertz CT molecular complexity index is 432. The van der Waals surface area contributed by atoms with E-state index in [1.165, 1.54) is 9.70 Å². The number of aryl methyl sites for hydroxylation is 1. The summed E-state index contributed by atoms with van der Waals surface area (Å²) in [6, 6.07) is -0.858. The van der Waals surface area contributed by atoms with E-state index in [-0.39, 0.29) is 12.4 Å². The molecule has 0 saturated heterocycles. The molecule has 0 radical (unpaired) electrons. The van der Waals surface area contributed by atoms with Crippen LogP contribution >= 0.6 is 0 Å². The van der Waals surface area contributed by atoms with Crippen LogP contribution in [0.25, 0.3) is 0 Å². The first kappa shape index (κ1) is 13.9. The van der Waals surface area contributed by atoms with E-state index >= 15 is 0 Å². The third-order valence-corrected chi connectivity index (χ3v) is 2.33. The van der Waals surface area contributed by atoms with Crippen LogP contribution in [-0.4, -0.2) is 54.8 Å². The molecule has 0 fully saturated rings. The van der Waals surface area contributed by atoms with Gasteiger partial charge in [-0.15, -0.1) is 5.10 Å². The number of anilines is 1. The number of nitrogens with one attached hydrogen (secondary N) is 1. The maximum atomic E-state index is 11.9. The van der Waals surface area contributed by atoms with Crippen molar-refractivity contribution in [2.24, 2.45) is 7.05 Å². The minimum Gasteiger partial charge on any atom is -0.481 e. The first-order chi connectivity index (χ1) is 8.43. The first-order valence-electron chi connectivity index (χ1n) is 5.47. The molecule has 0 saturated carbocycles. The van der Waals surface area contributed by atoms with Crippen LogP contribution in [0.1, 0.15) is 20.3 Å². The second-order valence-electron chi connectivity index (χ2n) is 3.77. The van der Waals surface area contributed by atoms with Crippen molar-refractivity contribution in [3.05, 3.63) is 0 Å². The van der Waals surface area contributed by atoms with E-state index in [0.29, 0.717) is 6.54 Å². The average Bonchev–Trinajstić information content (AvgIpc) is 2.63. The van der Waals surface area contributed by atoms with Crippen molar-refractivity contribution < 1.29 is 14.7 Å². The number of rotatable bonds is 5. The molecule has 1 atom stereocenters. The second kappa shape index (κ2) is 5.94. The van der Waals surface area contributed by atoms with Gasteiger partial charge in [0.15, 0.2) is 0 Å².